The number of aromatic nitrogens is 1. The van der Waals surface area contributed by atoms with Gasteiger partial charge in [0.1, 0.15) is 13.2 Å². The number of methoxy groups -OCH3 is 2. The minimum absolute atomic E-state index is 0.109. The number of allylic oxidation sites excluding steroid dienone is 2. The fraction of sp³-hybridized carbons (Fsp3) is 0.432. The van der Waals surface area contributed by atoms with E-state index in [2.05, 4.69) is 52.3 Å². The summed E-state index contributed by atoms with van der Waals surface area (Å²) < 4.78 is 28.5. The quantitative estimate of drug-likeness (QED) is 0.125. The van der Waals surface area contributed by atoms with E-state index < -0.39 is 6.85 Å². The van der Waals surface area contributed by atoms with Gasteiger partial charge in [0, 0.05) is 49.0 Å². The number of amides is 1. The Kier molecular flexibility index (Phi) is 15.9. The van der Waals surface area contributed by atoms with E-state index in [1.54, 1.807) is 33.3 Å². The van der Waals surface area contributed by atoms with Crippen LogP contribution in [0, 0.1) is 37.3 Å². The van der Waals surface area contributed by atoms with Crippen LogP contribution in [0.25, 0.3) is 5.57 Å². The van der Waals surface area contributed by atoms with Crippen molar-refractivity contribution in [3.05, 3.63) is 75.8 Å². The zero-order chi connectivity index (χ0) is 34.9. The highest BCUT2D eigenvalue weighted by Gasteiger charge is 2.27. The molecule has 0 aliphatic carbocycles. The van der Waals surface area contributed by atoms with Crippen LogP contribution < -0.4 is 5.32 Å². The van der Waals surface area contributed by atoms with Gasteiger partial charge >= 0.3 is 12.8 Å². The number of nitrogens with one attached hydrogen (secondary N) is 1. The summed E-state index contributed by atoms with van der Waals surface area (Å²) in [5, 5.41) is 2.79. The molecule has 1 amide bonds. The summed E-state index contributed by atoms with van der Waals surface area (Å²) in [5.41, 5.74) is 7.97. The first-order chi connectivity index (χ1) is 23.2. The summed E-state index contributed by atoms with van der Waals surface area (Å²) in [6.45, 7) is 12.2. The molecular formula is C37H46BN3O7. The van der Waals surface area contributed by atoms with E-state index in [9.17, 15) is 9.59 Å². The first-order valence-corrected chi connectivity index (χ1v) is 16.0. The normalized spacial score (nSPS) is 13.1. The predicted octanol–water partition coefficient (Wildman–Crippen LogP) is 4.22. The van der Waals surface area contributed by atoms with Gasteiger partial charge in [-0.25, -0.2) is 0 Å². The van der Waals surface area contributed by atoms with Crippen molar-refractivity contribution in [2.45, 2.75) is 41.0 Å². The van der Waals surface area contributed by atoms with Crippen LogP contribution in [0.15, 0.2) is 52.7 Å². The largest absolute Gasteiger partial charge is 0.466 e. The Labute approximate surface area is 285 Å². The van der Waals surface area contributed by atoms with E-state index in [4.69, 9.17) is 28.7 Å². The molecule has 10 nitrogen and oxygen atoms in total. The van der Waals surface area contributed by atoms with E-state index in [0.29, 0.717) is 38.6 Å². The Hall–Kier alpha value is -4.39. The van der Waals surface area contributed by atoms with Crippen LogP contribution >= 0.6 is 0 Å². The number of aliphatic imine (C=N–C) groups is 1. The van der Waals surface area contributed by atoms with Gasteiger partial charge in [-0.05, 0) is 75.6 Å². The number of aryl methyl sites for hydroxylation is 2. The minimum Gasteiger partial charge on any atom is -0.466 e. The van der Waals surface area contributed by atoms with Crippen LogP contribution in [0.1, 0.15) is 60.1 Å². The monoisotopic (exact) mass is 655 g/mol. The molecular weight excluding hydrogens is 609 g/mol. The molecule has 0 spiro atoms. The Morgan fingerprint density at radius 3 is 2.04 bits per heavy atom. The molecule has 0 saturated carbocycles. The molecule has 0 bridgehead atoms. The SMILES string of the molecule is CCOC(=O)CCNC(=O)c1ccc(/C(=C2/N=C(C)C=C2C)c2c(C)cc(C)n2B(C#CCOCCOC)C#CCOCCOC)cc1. The summed E-state index contributed by atoms with van der Waals surface area (Å²) in [6, 6.07) is 9.52. The van der Waals surface area contributed by atoms with Crippen molar-refractivity contribution in [3.63, 3.8) is 0 Å². The third kappa shape index (κ3) is 11.1. The number of ether oxygens (including phenoxy) is 5. The van der Waals surface area contributed by atoms with Crippen molar-refractivity contribution in [2.24, 2.45) is 4.99 Å². The average molecular weight is 656 g/mol. The molecule has 0 saturated heterocycles. The van der Waals surface area contributed by atoms with Gasteiger partial charge in [0.2, 0.25) is 0 Å². The van der Waals surface area contributed by atoms with Crippen LogP contribution in [0.5, 0.6) is 0 Å². The Balaban J connectivity index is 2.06. The maximum atomic E-state index is 12.9. The van der Waals surface area contributed by atoms with Crippen molar-refractivity contribution < 1.29 is 33.3 Å². The van der Waals surface area contributed by atoms with E-state index >= 15 is 0 Å². The fourth-order valence-corrected chi connectivity index (χ4v) is 5.16. The fourth-order valence-electron chi connectivity index (χ4n) is 5.16. The zero-order valence-electron chi connectivity index (χ0n) is 29.2. The second-order valence-corrected chi connectivity index (χ2v) is 11.0. The van der Waals surface area contributed by atoms with Crippen molar-refractivity contribution in [2.75, 3.05) is 67.0 Å². The molecule has 0 fully saturated rings. The van der Waals surface area contributed by atoms with Crippen LogP contribution in [-0.2, 0) is 28.5 Å². The molecule has 3 rings (SSSR count). The lowest BCUT2D eigenvalue weighted by Gasteiger charge is -2.19. The second kappa shape index (κ2) is 20.1. The van der Waals surface area contributed by atoms with Gasteiger partial charge < -0.3 is 33.5 Å². The molecule has 2 heterocycles. The lowest BCUT2D eigenvalue weighted by molar-refractivity contribution is -0.142. The highest BCUT2D eigenvalue weighted by atomic mass is 16.5. The lowest BCUT2D eigenvalue weighted by Crippen LogP contribution is -2.26. The van der Waals surface area contributed by atoms with Crippen molar-refractivity contribution in [1.29, 1.82) is 0 Å². The smallest absolute Gasteiger partial charge is 0.433 e. The molecule has 254 valence electrons. The molecule has 0 radical (unpaired) electrons. The number of rotatable bonds is 16. The number of hydrogen-bond donors (Lipinski definition) is 1. The summed E-state index contributed by atoms with van der Waals surface area (Å²) >= 11 is 0. The summed E-state index contributed by atoms with van der Waals surface area (Å²) in [6.07, 6.45) is 2.17. The third-order valence-electron chi connectivity index (χ3n) is 7.28. The maximum absolute atomic E-state index is 12.9. The molecule has 1 aromatic carbocycles. The van der Waals surface area contributed by atoms with Crippen LogP contribution in [0.2, 0.25) is 0 Å². The predicted molar refractivity (Wildman–Crippen MR) is 189 cm³/mol. The van der Waals surface area contributed by atoms with Crippen LogP contribution in [-0.4, -0.2) is 95.9 Å². The van der Waals surface area contributed by atoms with Gasteiger partial charge in [0.25, 0.3) is 5.91 Å². The first-order valence-electron chi connectivity index (χ1n) is 16.0. The van der Waals surface area contributed by atoms with E-state index in [1.165, 1.54) is 0 Å². The van der Waals surface area contributed by atoms with Gasteiger partial charge in [0.05, 0.1) is 45.2 Å². The molecule has 2 aromatic rings. The highest BCUT2D eigenvalue weighted by Crippen LogP contribution is 2.37. The van der Waals surface area contributed by atoms with E-state index in [1.807, 2.05) is 32.9 Å². The van der Waals surface area contributed by atoms with Crippen molar-refractivity contribution in [3.8, 4) is 23.5 Å². The number of esters is 1. The third-order valence-corrected chi connectivity index (χ3v) is 7.28. The zero-order valence-corrected chi connectivity index (χ0v) is 29.2. The van der Waals surface area contributed by atoms with E-state index in [0.717, 1.165) is 45.1 Å². The number of benzene rings is 1. The number of nitrogens with zero attached hydrogens (tertiary/aromatic N) is 2. The van der Waals surface area contributed by atoms with Gasteiger partial charge in [0.15, 0.2) is 0 Å². The molecule has 1 aliphatic heterocycles. The Morgan fingerprint density at radius 1 is 0.896 bits per heavy atom. The number of carbonyl (C=O) groups excluding carboxylic acids is 2. The molecule has 1 aromatic heterocycles. The standard InChI is InChI=1S/C37H46BN3O7/c1-8-48-33(42)15-18-39-37(43)32-13-11-31(12-14-32)34(35-27(2)25-29(4)40-35)36-28(3)26-30(5)41(36)38(16-9-19-46-23-21-44-6)17-10-20-47-24-22-45-7/h11-14,25-26H,8,15,18-24H2,1-7H3,(H,39,43)/b35-34-. The summed E-state index contributed by atoms with van der Waals surface area (Å²) in [7, 11) is 3.26. The first kappa shape index (κ1) is 38.1. The van der Waals surface area contributed by atoms with Gasteiger partial charge in [-0.15, -0.1) is 11.6 Å². The van der Waals surface area contributed by atoms with Gasteiger partial charge in [-0.1, -0.05) is 24.0 Å². The van der Waals surface area contributed by atoms with Crippen molar-refractivity contribution >= 4 is 30.0 Å². The molecule has 48 heavy (non-hydrogen) atoms. The highest BCUT2D eigenvalue weighted by molar-refractivity contribution is 6.74. The molecule has 0 atom stereocenters. The van der Waals surface area contributed by atoms with Gasteiger partial charge in [-0.3, -0.25) is 14.6 Å². The number of carbonyl (C=O) groups is 2. The van der Waals surface area contributed by atoms with Gasteiger partial charge in [-0.2, -0.15) is 0 Å². The topological polar surface area (TPSA) is 110 Å². The Morgan fingerprint density at radius 2 is 1.50 bits per heavy atom. The lowest BCUT2D eigenvalue weighted by atomic mass is 9.63. The van der Waals surface area contributed by atoms with E-state index in [-0.39, 0.29) is 38.1 Å². The minimum atomic E-state index is -0.512. The number of hydrogen-bond acceptors (Lipinski definition) is 8. The average Bonchev–Trinajstić information content (AvgIpc) is 3.55. The van der Waals surface area contributed by atoms with Crippen LogP contribution in [0.3, 0.4) is 0 Å². The Bertz CT molecular complexity index is 1600. The summed E-state index contributed by atoms with van der Waals surface area (Å²) in [4.78, 5) is 29.5. The molecule has 11 heteroatoms. The molecule has 1 aliphatic rings. The molecule has 0 unspecified atom stereocenters. The second-order valence-electron chi connectivity index (χ2n) is 11.0. The summed E-state index contributed by atoms with van der Waals surface area (Å²) in [5.74, 6) is 12.3. The van der Waals surface area contributed by atoms with Crippen LogP contribution in [0.4, 0.5) is 0 Å². The molecule has 1 N–H and O–H groups in total. The van der Waals surface area contributed by atoms with Crippen molar-refractivity contribution in [1.82, 2.24) is 9.79 Å². The maximum Gasteiger partial charge on any atom is 0.433 e.